The van der Waals surface area contributed by atoms with E-state index in [1.807, 2.05) is 0 Å². The van der Waals surface area contributed by atoms with E-state index in [0.717, 1.165) is 0 Å². The maximum atomic E-state index is 6.26. The van der Waals surface area contributed by atoms with Crippen LogP contribution < -0.4 is 5.19 Å². The summed E-state index contributed by atoms with van der Waals surface area (Å²) >= 11 is 0. The predicted molar refractivity (Wildman–Crippen MR) is 77.3 cm³/mol. The molecule has 0 aliphatic heterocycles. The van der Waals surface area contributed by atoms with Crippen molar-refractivity contribution in [2.24, 2.45) is 0 Å². The molecule has 16 heavy (non-hydrogen) atoms. The second-order valence-electron chi connectivity index (χ2n) is 5.67. The fourth-order valence-electron chi connectivity index (χ4n) is 1.94. The zero-order chi connectivity index (χ0) is 12.4. The van der Waals surface area contributed by atoms with Gasteiger partial charge in [-0.15, -0.1) is 0 Å². The van der Waals surface area contributed by atoms with Gasteiger partial charge in [-0.2, -0.15) is 0 Å². The van der Waals surface area contributed by atoms with E-state index >= 15 is 0 Å². The standard InChI is InChI=1S/C13H24OSi2/c1-12(2)14-16(5,6)15(3,4)13-10-8-7-9-11-13/h7-12H,1-6H3. The Morgan fingerprint density at radius 1 is 0.938 bits per heavy atom. The molecule has 0 spiro atoms. The molecule has 0 saturated heterocycles. The van der Waals surface area contributed by atoms with Gasteiger partial charge < -0.3 is 4.43 Å². The second kappa shape index (κ2) is 4.86. The molecule has 0 fully saturated rings. The Hall–Kier alpha value is -0.386. The third-order valence-corrected chi connectivity index (χ3v) is 19.6. The zero-order valence-electron chi connectivity index (χ0n) is 11.4. The van der Waals surface area contributed by atoms with Gasteiger partial charge in [0.1, 0.15) is 7.59 Å². The molecule has 0 aliphatic carbocycles. The van der Waals surface area contributed by atoms with Gasteiger partial charge in [0.05, 0.1) is 0 Å². The molecule has 1 aromatic rings. The lowest BCUT2D eigenvalue weighted by atomic mass is 10.4. The molecule has 1 aromatic carbocycles. The fourth-order valence-corrected chi connectivity index (χ4v) is 9.31. The van der Waals surface area contributed by atoms with Crippen molar-refractivity contribution in [1.82, 2.24) is 0 Å². The minimum absolute atomic E-state index is 0.345. The maximum Gasteiger partial charge on any atom is 0.179 e. The van der Waals surface area contributed by atoms with Crippen LogP contribution in [0.3, 0.4) is 0 Å². The van der Waals surface area contributed by atoms with Crippen molar-refractivity contribution in [3.8, 4) is 0 Å². The van der Waals surface area contributed by atoms with Crippen molar-refractivity contribution in [2.75, 3.05) is 0 Å². The summed E-state index contributed by atoms with van der Waals surface area (Å²) < 4.78 is 6.26. The van der Waals surface area contributed by atoms with Gasteiger partial charge in [-0.25, -0.2) is 0 Å². The molecule has 90 valence electrons. The minimum atomic E-state index is -1.60. The summed E-state index contributed by atoms with van der Waals surface area (Å²) in [6.07, 6.45) is 0.345. The third kappa shape index (κ3) is 2.84. The highest BCUT2D eigenvalue weighted by molar-refractivity contribution is 7.43. The predicted octanol–water partition coefficient (Wildman–Crippen LogP) is 3.31. The largest absolute Gasteiger partial charge is 0.417 e. The lowest BCUT2D eigenvalue weighted by molar-refractivity contribution is 0.241. The summed E-state index contributed by atoms with van der Waals surface area (Å²) in [6, 6.07) is 10.9. The molecule has 0 N–H and O–H groups in total. The van der Waals surface area contributed by atoms with E-state index in [9.17, 15) is 0 Å². The molecular formula is C13H24OSi2. The molecule has 0 amide bonds. The second-order valence-corrected chi connectivity index (χ2v) is 20.1. The fraction of sp³-hybridized carbons (Fsp3) is 0.538. The van der Waals surface area contributed by atoms with E-state index in [1.54, 1.807) is 0 Å². The molecule has 0 bridgehead atoms. The molecule has 0 saturated carbocycles. The lowest BCUT2D eigenvalue weighted by Crippen LogP contribution is -2.65. The smallest absolute Gasteiger partial charge is 0.179 e. The van der Waals surface area contributed by atoms with E-state index in [-0.39, 0.29) is 0 Å². The Labute approximate surface area is 102 Å². The maximum absolute atomic E-state index is 6.26. The van der Waals surface area contributed by atoms with Crippen LogP contribution in [0.4, 0.5) is 0 Å². The minimum Gasteiger partial charge on any atom is -0.417 e. The molecule has 0 aromatic heterocycles. The van der Waals surface area contributed by atoms with Gasteiger partial charge in [0, 0.05) is 6.10 Å². The van der Waals surface area contributed by atoms with Gasteiger partial charge in [-0.3, -0.25) is 0 Å². The number of benzene rings is 1. The van der Waals surface area contributed by atoms with Gasteiger partial charge in [0.15, 0.2) is 7.83 Å². The van der Waals surface area contributed by atoms with Crippen molar-refractivity contribution < 1.29 is 4.43 Å². The van der Waals surface area contributed by atoms with Gasteiger partial charge in [0.25, 0.3) is 0 Å². The van der Waals surface area contributed by atoms with E-state index < -0.39 is 15.4 Å². The van der Waals surface area contributed by atoms with Crippen LogP contribution in [0.25, 0.3) is 0 Å². The normalized spacial score (nSPS) is 13.2. The van der Waals surface area contributed by atoms with Gasteiger partial charge >= 0.3 is 0 Å². The van der Waals surface area contributed by atoms with Crippen molar-refractivity contribution in [3.05, 3.63) is 30.3 Å². The average molecular weight is 253 g/mol. The van der Waals surface area contributed by atoms with Crippen LogP contribution in [-0.4, -0.2) is 21.5 Å². The van der Waals surface area contributed by atoms with Crippen LogP contribution in [0.2, 0.25) is 26.2 Å². The first kappa shape index (κ1) is 13.7. The van der Waals surface area contributed by atoms with E-state index in [4.69, 9.17) is 4.43 Å². The number of rotatable bonds is 4. The van der Waals surface area contributed by atoms with Crippen LogP contribution >= 0.6 is 0 Å². The van der Waals surface area contributed by atoms with Crippen LogP contribution in [0.15, 0.2) is 30.3 Å². The summed E-state index contributed by atoms with van der Waals surface area (Å²) in [4.78, 5) is 0. The number of hydrogen-bond acceptors (Lipinski definition) is 1. The zero-order valence-corrected chi connectivity index (χ0v) is 13.4. The van der Waals surface area contributed by atoms with Crippen molar-refractivity contribution >= 4 is 20.6 Å². The molecule has 0 atom stereocenters. The van der Waals surface area contributed by atoms with E-state index in [2.05, 4.69) is 70.4 Å². The highest BCUT2D eigenvalue weighted by atomic mass is 29.3. The summed E-state index contributed by atoms with van der Waals surface area (Å²) in [6.45, 7) is 13.9. The average Bonchev–Trinajstić information content (AvgIpc) is 2.17. The van der Waals surface area contributed by atoms with Crippen molar-refractivity contribution in [3.63, 3.8) is 0 Å². The number of hydrogen-bond donors (Lipinski definition) is 0. The summed E-state index contributed by atoms with van der Waals surface area (Å²) in [7, 11) is -3.05. The van der Waals surface area contributed by atoms with Crippen LogP contribution in [0.1, 0.15) is 13.8 Å². The Balaban J connectivity index is 3.01. The quantitative estimate of drug-likeness (QED) is 0.747. The van der Waals surface area contributed by atoms with Gasteiger partial charge in [0.2, 0.25) is 0 Å². The van der Waals surface area contributed by atoms with E-state index in [1.165, 1.54) is 5.19 Å². The SMILES string of the molecule is CC(C)O[Si](C)(C)[Si](C)(C)c1ccccc1. The summed E-state index contributed by atoms with van der Waals surface area (Å²) in [5.41, 5.74) is 0. The lowest BCUT2D eigenvalue weighted by Gasteiger charge is -2.39. The Kier molecular flexibility index (Phi) is 4.15. The van der Waals surface area contributed by atoms with Crippen LogP contribution in [0, 0.1) is 0 Å². The highest BCUT2D eigenvalue weighted by Crippen LogP contribution is 2.21. The molecule has 1 nitrogen and oxygen atoms in total. The highest BCUT2D eigenvalue weighted by Gasteiger charge is 2.44. The monoisotopic (exact) mass is 252 g/mol. The van der Waals surface area contributed by atoms with Crippen molar-refractivity contribution in [1.29, 1.82) is 0 Å². The molecule has 0 heterocycles. The van der Waals surface area contributed by atoms with Gasteiger partial charge in [-0.05, 0) is 26.9 Å². The Bertz CT molecular complexity index is 331. The molecule has 0 unspecified atom stereocenters. The molecular weight excluding hydrogens is 228 g/mol. The van der Waals surface area contributed by atoms with Crippen LogP contribution in [0.5, 0.6) is 0 Å². The molecule has 0 radical (unpaired) electrons. The Morgan fingerprint density at radius 3 is 1.88 bits per heavy atom. The third-order valence-electron chi connectivity index (χ3n) is 3.53. The first-order valence-corrected chi connectivity index (χ1v) is 12.9. The first-order valence-electron chi connectivity index (χ1n) is 6.01. The Morgan fingerprint density at radius 2 is 1.44 bits per heavy atom. The van der Waals surface area contributed by atoms with Crippen molar-refractivity contribution in [2.45, 2.75) is 46.1 Å². The summed E-state index contributed by atoms with van der Waals surface area (Å²) in [5, 5.41) is 1.52. The first-order chi connectivity index (χ1) is 7.27. The van der Waals surface area contributed by atoms with Gasteiger partial charge in [-0.1, -0.05) is 48.6 Å². The van der Waals surface area contributed by atoms with E-state index in [0.29, 0.717) is 6.10 Å². The molecule has 1 rings (SSSR count). The molecule has 3 heteroatoms. The van der Waals surface area contributed by atoms with Crippen LogP contribution in [-0.2, 0) is 4.43 Å². The summed E-state index contributed by atoms with van der Waals surface area (Å²) in [5.74, 6) is 0. The topological polar surface area (TPSA) is 9.23 Å². The molecule has 0 aliphatic rings.